The fourth-order valence-corrected chi connectivity index (χ4v) is 4.36. The van der Waals surface area contributed by atoms with Gasteiger partial charge in [0.15, 0.2) is 6.54 Å². The molecule has 0 fully saturated rings. The van der Waals surface area contributed by atoms with Gasteiger partial charge >= 0.3 is 0 Å². The summed E-state index contributed by atoms with van der Waals surface area (Å²) < 4.78 is 5.20. The number of aromatic nitrogens is 1. The van der Waals surface area contributed by atoms with E-state index in [2.05, 4.69) is 29.8 Å². The van der Waals surface area contributed by atoms with Crippen molar-refractivity contribution in [3.8, 4) is 17.0 Å². The van der Waals surface area contributed by atoms with Gasteiger partial charge in [0.1, 0.15) is 17.3 Å². The number of thiazole rings is 1. The first kappa shape index (κ1) is 21.0. The second-order valence-corrected chi connectivity index (χ2v) is 8.43. The maximum absolute atomic E-state index is 12.5. The summed E-state index contributed by atoms with van der Waals surface area (Å²) in [6.07, 6.45) is 0. The molecule has 2 N–H and O–H groups in total. The molecule has 0 bridgehead atoms. The van der Waals surface area contributed by atoms with Gasteiger partial charge < -0.3 is 15.0 Å². The van der Waals surface area contributed by atoms with Gasteiger partial charge in [0.2, 0.25) is 0 Å². The Bertz CT molecular complexity index is 973. The van der Waals surface area contributed by atoms with E-state index in [-0.39, 0.29) is 5.91 Å². The van der Waals surface area contributed by atoms with E-state index in [1.54, 1.807) is 18.4 Å². The van der Waals surface area contributed by atoms with Crippen LogP contribution < -0.4 is 15.0 Å². The van der Waals surface area contributed by atoms with Gasteiger partial charge in [-0.25, -0.2) is 4.98 Å². The van der Waals surface area contributed by atoms with Crippen molar-refractivity contribution < 1.29 is 14.4 Å². The molecule has 1 aromatic heterocycles. The molecular weight excluding hydrogens is 382 g/mol. The minimum Gasteiger partial charge on any atom is -0.497 e. The van der Waals surface area contributed by atoms with E-state index in [9.17, 15) is 4.79 Å². The van der Waals surface area contributed by atoms with Crippen molar-refractivity contribution in [2.45, 2.75) is 27.3 Å². The van der Waals surface area contributed by atoms with Crippen LogP contribution in [0.5, 0.6) is 5.75 Å². The average molecular weight is 411 g/mol. The molecule has 1 unspecified atom stereocenters. The summed E-state index contributed by atoms with van der Waals surface area (Å²) >= 11 is 1.63. The highest BCUT2D eigenvalue weighted by molar-refractivity contribution is 7.09. The van der Waals surface area contributed by atoms with Crippen molar-refractivity contribution in [2.75, 3.05) is 26.0 Å². The van der Waals surface area contributed by atoms with Gasteiger partial charge in [-0.3, -0.25) is 4.79 Å². The molecular formula is C23H28N3O2S+. The summed E-state index contributed by atoms with van der Waals surface area (Å²) in [6, 6.07) is 12.1. The molecule has 1 amide bonds. The van der Waals surface area contributed by atoms with E-state index in [4.69, 9.17) is 9.72 Å². The van der Waals surface area contributed by atoms with Gasteiger partial charge in [-0.2, -0.15) is 0 Å². The summed E-state index contributed by atoms with van der Waals surface area (Å²) in [6.45, 7) is 7.23. The number of carbonyl (C=O) groups is 1. The van der Waals surface area contributed by atoms with Gasteiger partial charge in [-0.05, 0) is 56.2 Å². The Kier molecular flexibility index (Phi) is 6.67. The Hall–Kier alpha value is -2.70. The number of quaternary nitrogens is 1. The highest BCUT2D eigenvalue weighted by atomic mass is 32.1. The van der Waals surface area contributed by atoms with E-state index in [1.807, 2.05) is 45.2 Å². The largest absolute Gasteiger partial charge is 0.497 e. The molecule has 2 aromatic carbocycles. The van der Waals surface area contributed by atoms with E-state index < -0.39 is 0 Å². The monoisotopic (exact) mass is 410 g/mol. The average Bonchev–Trinajstić information content (AvgIpc) is 3.13. The molecule has 1 heterocycles. The molecule has 6 heteroatoms. The molecule has 0 saturated heterocycles. The minimum absolute atomic E-state index is 0.0180. The third kappa shape index (κ3) is 5.43. The lowest BCUT2D eigenvalue weighted by Crippen LogP contribution is -3.08. The number of aryl methyl sites for hydroxylation is 3. The lowest BCUT2D eigenvalue weighted by molar-refractivity contribution is -0.885. The van der Waals surface area contributed by atoms with Gasteiger partial charge in [0, 0.05) is 16.6 Å². The van der Waals surface area contributed by atoms with Crippen LogP contribution >= 0.6 is 11.3 Å². The van der Waals surface area contributed by atoms with Crippen LogP contribution in [-0.2, 0) is 11.3 Å². The molecule has 1 atom stereocenters. The Labute approximate surface area is 176 Å². The van der Waals surface area contributed by atoms with Gasteiger partial charge in [0.05, 0.1) is 19.9 Å². The van der Waals surface area contributed by atoms with Gasteiger partial charge in [-0.15, -0.1) is 11.3 Å². The second kappa shape index (κ2) is 9.20. The lowest BCUT2D eigenvalue weighted by atomic mass is 10.1. The zero-order chi connectivity index (χ0) is 21.0. The first-order valence-electron chi connectivity index (χ1n) is 9.63. The van der Waals surface area contributed by atoms with Crippen LogP contribution in [0.2, 0.25) is 0 Å². The van der Waals surface area contributed by atoms with Crippen molar-refractivity contribution in [1.29, 1.82) is 0 Å². The van der Waals surface area contributed by atoms with E-state index in [0.717, 1.165) is 43.7 Å². The second-order valence-electron chi connectivity index (χ2n) is 7.49. The maximum Gasteiger partial charge on any atom is 0.279 e. The predicted molar refractivity (Wildman–Crippen MR) is 119 cm³/mol. The molecule has 152 valence electrons. The molecule has 5 nitrogen and oxygen atoms in total. The maximum atomic E-state index is 12.5. The van der Waals surface area contributed by atoms with Gasteiger partial charge in [-0.1, -0.05) is 17.7 Å². The molecule has 29 heavy (non-hydrogen) atoms. The Balaban J connectivity index is 1.59. The number of nitrogens with zero attached hydrogens (tertiary/aromatic N) is 1. The highest BCUT2D eigenvalue weighted by Crippen LogP contribution is 2.24. The molecule has 0 aliphatic heterocycles. The SMILES string of the molecule is COc1ccc(-c2csc(C[NH+](C)CC(=O)Nc3c(C)cc(C)cc3C)n2)cc1. The van der Waals surface area contributed by atoms with E-state index in [1.165, 1.54) is 5.56 Å². The number of anilines is 1. The van der Waals surface area contributed by atoms with Gasteiger partial charge in [0.25, 0.3) is 5.91 Å². The summed E-state index contributed by atoms with van der Waals surface area (Å²) in [5, 5.41) is 6.15. The predicted octanol–water partition coefficient (Wildman–Crippen LogP) is 3.40. The van der Waals surface area contributed by atoms with Crippen LogP contribution in [0.3, 0.4) is 0 Å². The van der Waals surface area contributed by atoms with Crippen LogP contribution in [0.4, 0.5) is 5.69 Å². The van der Waals surface area contributed by atoms with Crippen molar-refractivity contribution >= 4 is 22.9 Å². The summed E-state index contributed by atoms with van der Waals surface area (Å²) in [4.78, 5) is 18.4. The van der Waals surface area contributed by atoms with Crippen molar-refractivity contribution in [3.05, 3.63) is 63.5 Å². The molecule has 0 aliphatic rings. The molecule has 0 spiro atoms. The number of nitrogens with one attached hydrogen (secondary N) is 2. The first-order chi connectivity index (χ1) is 13.9. The normalized spacial score (nSPS) is 11.9. The van der Waals surface area contributed by atoms with Crippen LogP contribution in [0.1, 0.15) is 21.7 Å². The molecule has 3 aromatic rings. The van der Waals surface area contributed by atoms with Crippen LogP contribution in [0.15, 0.2) is 41.8 Å². The third-order valence-corrected chi connectivity index (χ3v) is 5.64. The van der Waals surface area contributed by atoms with Crippen LogP contribution in [0, 0.1) is 20.8 Å². The number of ether oxygens (including phenoxy) is 1. The number of hydrogen-bond acceptors (Lipinski definition) is 4. The Morgan fingerprint density at radius 3 is 2.41 bits per heavy atom. The zero-order valence-corrected chi connectivity index (χ0v) is 18.4. The quantitative estimate of drug-likeness (QED) is 0.628. The third-order valence-electron chi connectivity index (χ3n) is 4.79. The van der Waals surface area contributed by atoms with Crippen molar-refractivity contribution in [1.82, 2.24) is 4.98 Å². The lowest BCUT2D eigenvalue weighted by Gasteiger charge is -2.15. The number of carbonyl (C=O) groups excluding carboxylic acids is 1. The molecule has 0 aliphatic carbocycles. The summed E-state index contributed by atoms with van der Waals surface area (Å²) in [7, 11) is 3.68. The fourth-order valence-electron chi connectivity index (χ4n) is 3.44. The molecule has 0 radical (unpaired) electrons. The number of benzene rings is 2. The number of methoxy groups -OCH3 is 1. The minimum atomic E-state index is 0.0180. The first-order valence-corrected chi connectivity index (χ1v) is 10.5. The van der Waals surface area contributed by atoms with Crippen molar-refractivity contribution in [2.24, 2.45) is 0 Å². The Morgan fingerprint density at radius 2 is 1.79 bits per heavy atom. The van der Waals surface area contributed by atoms with Crippen LogP contribution in [-0.4, -0.2) is 31.6 Å². The fraction of sp³-hybridized carbons (Fsp3) is 0.304. The smallest absolute Gasteiger partial charge is 0.279 e. The van der Waals surface area contributed by atoms with Crippen LogP contribution in [0.25, 0.3) is 11.3 Å². The standard InChI is InChI=1S/C23H27N3O2S/c1-15-10-16(2)23(17(3)11-15)25-21(27)12-26(4)13-22-24-20(14-29-22)18-6-8-19(28-5)9-7-18/h6-11,14H,12-13H2,1-5H3,(H,25,27)/p+1. The highest BCUT2D eigenvalue weighted by Gasteiger charge is 2.15. The number of rotatable bonds is 7. The number of hydrogen-bond donors (Lipinski definition) is 2. The summed E-state index contributed by atoms with van der Waals surface area (Å²) in [5.41, 5.74) is 6.33. The zero-order valence-electron chi connectivity index (χ0n) is 17.6. The Morgan fingerprint density at radius 1 is 1.14 bits per heavy atom. The van der Waals surface area contributed by atoms with Crippen molar-refractivity contribution in [3.63, 3.8) is 0 Å². The van der Waals surface area contributed by atoms with E-state index >= 15 is 0 Å². The van der Waals surface area contributed by atoms with E-state index in [0.29, 0.717) is 13.1 Å². The number of amides is 1. The topological polar surface area (TPSA) is 55.7 Å². The molecule has 0 saturated carbocycles. The number of likely N-dealkylation sites (N-methyl/N-ethyl adjacent to an activating group) is 1. The summed E-state index contributed by atoms with van der Waals surface area (Å²) in [5.74, 6) is 0.850. The molecule has 3 rings (SSSR count).